The molecule has 18 heavy (non-hydrogen) atoms. The van der Waals surface area contributed by atoms with Gasteiger partial charge in [-0.3, -0.25) is 4.98 Å². The van der Waals surface area contributed by atoms with Crippen molar-refractivity contribution >= 4 is 15.9 Å². The van der Waals surface area contributed by atoms with Crippen LogP contribution in [0.25, 0.3) is 0 Å². The zero-order valence-electron chi connectivity index (χ0n) is 9.60. The van der Waals surface area contributed by atoms with Crippen LogP contribution in [0.2, 0.25) is 0 Å². The van der Waals surface area contributed by atoms with Gasteiger partial charge in [0.25, 0.3) is 0 Å². The van der Waals surface area contributed by atoms with Gasteiger partial charge in [-0.25, -0.2) is 4.39 Å². The summed E-state index contributed by atoms with van der Waals surface area (Å²) in [5.74, 6) is 0.257. The molecule has 0 saturated carbocycles. The Morgan fingerprint density at radius 1 is 1.39 bits per heavy atom. The fourth-order valence-corrected chi connectivity index (χ4v) is 1.93. The van der Waals surface area contributed by atoms with Crippen LogP contribution in [0.3, 0.4) is 0 Å². The maximum atomic E-state index is 13.6. The summed E-state index contributed by atoms with van der Waals surface area (Å²) in [6.07, 6.45) is 2.19. The van der Waals surface area contributed by atoms with Gasteiger partial charge in [-0.15, -0.1) is 0 Å². The number of benzene rings is 1. The molecule has 0 saturated heterocycles. The van der Waals surface area contributed by atoms with Gasteiger partial charge in [0.2, 0.25) is 0 Å². The Kier molecular flexibility index (Phi) is 3.93. The quantitative estimate of drug-likeness (QED) is 0.936. The van der Waals surface area contributed by atoms with Crippen LogP contribution in [0.1, 0.15) is 18.6 Å². The summed E-state index contributed by atoms with van der Waals surface area (Å²) in [7, 11) is 0. The minimum atomic E-state index is -0.943. The lowest BCUT2D eigenvalue weighted by atomic mass is 10.1. The van der Waals surface area contributed by atoms with Gasteiger partial charge in [-0.1, -0.05) is 6.07 Å². The van der Waals surface area contributed by atoms with Crippen molar-refractivity contribution in [1.82, 2.24) is 4.98 Å². The number of aromatic nitrogens is 1. The van der Waals surface area contributed by atoms with Crippen molar-refractivity contribution in [3.63, 3.8) is 0 Å². The average Bonchev–Trinajstić information content (AvgIpc) is 2.28. The van der Waals surface area contributed by atoms with Gasteiger partial charge < -0.3 is 9.84 Å². The normalized spacial score (nSPS) is 12.2. The molecule has 3 nitrogen and oxygen atoms in total. The van der Waals surface area contributed by atoms with E-state index in [4.69, 9.17) is 4.74 Å². The van der Waals surface area contributed by atoms with Crippen LogP contribution in [-0.2, 0) is 0 Å². The molecule has 0 bridgehead atoms. The predicted octanol–water partition coefficient (Wildman–Crippen LogP) is 3.83. The largest absolute Gasteiger partial charge is 0.455 e. The van der Waals surface area contributed by atoms with Crippen LogP contribution in [0.4, 0.5) is 4.39 Å². The third kappa shape index (κ3) is 2.86. The molecule has 1 N–H and O–H groups in total. The second-order valence-corrected chi connectivity index (χ2v) is 4.68. The Hall–Kier alpha value is -1.46. The first-order valence-electron chi connectivity index (χ1n) is 5.33. The Balaban J connectivity index is 2.37. The molecular formula is C13H11BrFNO2. The number of hydrogen-bond acceptors (Lipinski definition) is 3. The zero-order valence-corrected chi connectivity index (χ0v) is 11.2. The van der Waals surface area contributed by atoms with E-state index in [1.54, 1.807) is 18.3 Å². The lowest BCUT2D eigenvalue weighted by Gasteiger charge is -2.13. The van der Waals surface area contributed by atoms with Crippen molar-refractivity contribution in [2.24, 2.45) is 0 Å². The van der Waals surface area contributed by atoms with Gasteiger partial charge in [0, 0.05) is 10.7 Å². The summed E-state index contributed by atoms with van der Waals surface area (Å²) in [4.78, 5) is 3.95. The molecule has 0 aliphatic rings. The first-order chi connectivity index (χ1) is 8.58. The summed E-state index contributed by atoms with van der Waals surface area (Å²) in [5, 5.41) is 9.57. The van der Waals surface area contributed by atoms with Crippen LogP contribution in [-0.4, -0.2) is 10.1 Å². The SMILES string of the molecule is C[C@H](O)c1c(F)cccc1Oc1cncc(Br)c1. The molecule has 0 unspecified atom stereocenters. The average molecular weight is 312 g/mol. The number of nitrogens with zero attached hydrogens (tertiary/aromatic N) is 1. The lowest BCUT2D eigenvalue weighted by Crippen LogP contribution is -1.99. The molecule has 0 fully saturated rings. The Labute approximate surface area is 112 Å². The fourth-order valence-electron chi connectivity index (χ4n) is 1.59. The summed E-state index contributed by atoms with van der Waals surface area (Å²) in [6.45, 7) is 1.49. The van der Waals surface area contributed by atoms with E-state index in [0.29, 0.717) is 5.75 Å². The van der Waals surface area contributed by atoms with Crippen molar-refractivity contribution in [1.29, 1.82) is 0 Å². The molecule has 0 aliphatic carbocycles. The molecule has 0 aliphatic heterocycles. The predicted molar refractivity (Wildman–Crippen MR) is 69.0 cm³/mol. The fraction of sp³-hybridized carbons (Fsp3) is 0.154. The molecule has 2 rings (SSSR count). The topological polar surface area (TPSA) is 42.4 Å². The van der Waals surface area contributed by atoms with Crippen LogP contribution >= 0.6 is 15.9 Å². The Morgan fingerprint density at radius 3 is 2.83 bits per heavy atom. The first-order valence-corrected chi connectivity index (χ1v) is 6.12. The molecule has 1 aromatic carbocycles. The molecule has 0 radical (unpaired) electrons. The minimum absolute atomic E-state index is 0.137. The van der Waals surface area contributed by atoms with Gasteiger partial charge in [0.05, 0.1) is 17.9 Å². The summed E-state index contributed by atoms with van der Waals surface area (Å²) in [5.41, 5.74) is 0.137. The molecule has 94 valence electrons. The van der Waals surface area contributed by atoms with Crippen molar-refractivity contribution in [3.8, 4) is 11.5 Å². The highest BCUT2D eigenvalue weighted by Gasteiger charge is 2.15. The standard InChI is InChI=1S/C13H11BrFNO2/c1-8(17)13-11(15)3-2-4-12(13)18-10-5-9(14)6-16-7-10/h2-8,17H,1H3/t8-/m0/s1. The third-order valence-electron chi connectivity index (χ3n) is 2.34. The number of halogens is 2. The van der Waals surface area contributed by atoms with E-state index in [-0.39, 0.29) is 11.3 Å². The van der Waals surface area contributed by atoms with E-state index in [2.05, 4.69) is 20.9 Å². The first kappa shape index (κ1) is 13.0. The molecule has 2 aromatic rings. The number of aliphatic hydroxyl groups is 1. The van der Waals surface area contributed by atoms with Crippen LogP contribution < -0.4 is 4.74 Å². The number of ether oxygens (including phenoxy) is 1. The van der Waals surface area contributed by atoms with E-state index in [0.717, 1.165) is 4.47 Å². The van der Waals surface area contributed by atoms with Crippen molar-refractivity contribution in [3.05, 3.63) is 52.5 Å². The monoisotopic (exact) mass is 311 g/mol. The van der Waals surface area contributed by atoms with Gasteiger partial charge in [0.15, 0.2) is 0 Å². The Bertz CT molecular complexity index is 560. The van der Waals surface area contributed by atoms with E-state index in [9.17, 15) is 9.50 Å². The molecule has 0 amide bonds. The van der Waals surface area contributed by atoms with Crippen LogP contribution in [0.15, 0.2) is 41.1 Å². The maximum Gasteiger partial charge on any atom is 0.146 e. The highest BCUT2D eigenvalue weighted by Crippen LogP contribution is 2.31. The highest BCUT2D eigenvalue weighted by molar-refractivity contribution is 9.10. The second kappa shape index (κ2) is 5.46. The summed E-state index contributed by atoms with van der Waals surface area (Å²) < 4.78 is 19.9. The molecule has 0 spiro atoms. The second-order valence-electron chi connectivity index (χ2n) is 3.77. The van der Waals surface area contributed by atoms with Crippen molar-refractivity contribution < 1.29 is 14.2 Å². The number of rotatable bonds is 3. The van der Waals surface area contributed by atoms with E-state index >= 15 is 0 Å². The van der Waals surface area contributed by atoms with Crippen molar-refractivity contribution in [2.45, 2.75) is 13.0 Å². The van der Waals surface area contributed by atoms with Crippen LogP contribution in [0.5, 0.6) is 11.5 Å². The van der Waals surface area contributed by atoms with Gasteiger partial charge in [-0.05, 0) is 41.1 Å². The van der Waals surface area contributed by atoms with E-state index in [1.165, 1.54) is 25.3 Å². The van der Waals surface area contributed by atoms with E-state index < -0.39 is 11.9 Å². The van der Waals surface area contributed by atoms with Crippen LogP contribution in [0, 0.1) is 5.82 Å². The molecular weight excluding hydrogens is 301 g/mol. The zero-order chi connectivity index (χ0) is 13.1. The minimum Gasteiger partial charge on any atom is -0.455 e. The Morgan fingerprint density at radius 2 is 2.17 bits per heavy atom. The molecule has 1 heterocycles. The number of hydrogen-bond donors (Lipinski definition) is 1. The van der Waals surface area contributed by atoms with E-state index in [1.807, 2.05) is 0 Å². The summed E-state index contributed by atoms with van der Waals surface area (Å²) in [6, 6.07) is 6.13. The van der Waals surface area contributed by atoms with Gasteiger partial charge >= 0.3 is 0 Å². The molecule has 1 aromatic heterocycles. The summed E-state index contributed by atoms with van der Waals surface area (Å²) >= 11 is 3.27. The number of aliphatic hydroxyl groups excluding tert-OH is 1. The number of pyridine rings is 1. The van der Waals surface area contributed by atoms with Crippen molar-refractivity contribution in [2.75, 3.05) is 0 Å². The lowest BCUT2D eigenvalue weighted by molar-refractivity contribution is 0.190. The maximum absolute atomic E-state index is 13.6. The smallest absolute Gasteiger partial charge is 0.146 e. The highest BCUT2D eigenvalue weighted by atomic mass is 79.9. The van der Waals surface area contributed by atoms with Gasteiger partial charge in [0.1, 0.15) is 17.3 Å². The third-order valence-corrected chi connectivity index (χ3v) is 2.77. The van der Waals surface area contributed by atoms with Gasteiger partial charge in [-0.2, -0.15) is 0 Å². The molecule has 1 atom stereocenters. The molecule has 5 heteroatoms.